The fraction of sp³-hybridized carbons (Fsp3) is 0.545. The summed E-state index contributed by atoms with van der Waals surface area (Å²) in [6, 6.07) is 0. The van der Waals surface area contributed by atoms with Crippen molar-refractivity contribution in [3.8, 4) is 5.88 Å². The van der Waals surface area contributed by atoms with Crippen LogP contribution in [0.4, 0.5) is 14.6 Å². The molecule has 6 nitrogen and oxygen atoms in total. The highest BCUT2D eigenvalue weighted by atomic mass is 19.3. The molecular weight excluding hydrogens is 260 g/mol. The first-order valence-electron chi connectivity index (χ1n) is 5.70. The number of aromatic nitrogens is 2. The molecule has 19 heavy (non-hydrogen) atoms. The molecule has 0 spiro atoms. The molecule has 1 saturated heterocycles. The Morgan fingerprint density at radius 2 is 2.11 bits per heavy atom. The van der Waals surface area contributed by atoms with Gasteiger partial charge in [0, 0.05) is 25.9 Å². The summed E-state index contributed by atoms with van der Waals surface area (Å²) in [5.41, 5.74) is -0.298. The Morgan fingerprint density at radius 3 is 2.63 bits per heavy atom. The third-order valence-electron chi connectivity index (χ3n) is 2.94. The standard InChI is InChI=1S/C11H13F2N3O3/c1-19-9-8(10(17)18)14-6-7(15-9)16-4-2-11(12,13)3-5-16/h6H,2-5H2,1H3,(H,17,18). The zero-order chi connectivity index (χ0) is 14.0. The van der Waals surface area contributed by atoms with Crippen LogP contribution < -0.4 is 9.64 Å². The first-order valence-corrected chi connectivity index (χ1v) is 5.70. The van der Waals surface area contributed by atoms with Crippen molar-refractivity contribution in [1.29, 1.82) is 0 Å². The van der Waals surface area contributed by atoms with Crippen LogP contribution in [0, 0.1) is 0 Å². The number of methoxy groups -OCH3 is 1. The summed E-state index contributed by atoms with van der Waals surface area (Å²) in [7, 11) is 1.28. The van der Waals surface area contributed by atoms with Crippen molar-refractivity contribution in [3.63, 3.8) is 0 Å². The van der Waals surface area contributed by atoms with Crippen LogP contribution in [0.1, 0.15) is 23.3 Å². The lowest BCUT2D eigenvalue weighted by Gasteiger charge is -2.32. The largest absolute Gasteiger partial charge is 0.479 e. The van der Waals surface area contributed by atoms with Gasteiger partial charge in [-0.1, -0.05) is 0 Å². The van der Waals surface area contributed by atoms with Crippen molar-refractivity contribution in [2.24, 2.45) is 0 Å². The number of alkyl halides is 2. The monoisotopic (exact) mass is 273 g/mol. The smallest absolute Gasteiger partial charge is 0.360 e. The average Bonchev–Trinajstić information content (AvgIpc) is 2.37. The number of carbonyl (C=O) groups is 1. The van der Waals surface area contributed by atoms with Gasteiger partial charge in [-0.15, -0.1) is 0 Å². The summed E-state index contributed by atoms with van der Waals surface area (Å²) in [5, 5.41) is 8.87. The van der Waals surface area contributed by atoms with E-state index in [4.69, 9.17) is 9.84 Å². The molecule has 1 fully saturated rings. The topological polar surface area (TPSA) is 75.5 Å². The fourth-order valence-electron chi connectivity index (χ4n) is 1.87. The van der Waals surface area contributed by atoms with Crippen molar-refractivity contribution in [3.05, 3.63) is 11.9 Å². The van der Waals surface area contributed by atoms with Gasteiger partial charge in [0.2, 0.25) is 11.6 Å². The third kappa shape index (κ3) is 2.88. The molecule has 0 radical (unpaired) electrons. The van der Waals surface area contributed by atoms with Gasteiger partial charge in [0.25, 0.3) is 5.92 Å². The van der Waals surface area contributed by atoms with Crippen LogP contribution in [0.2, 0.25) is 0 Å². The molecule has 1 aliphatic rings. The van der Waals surface area contributed by atoms with E-state index in [1.165, 1.54) is 13.3 Å². The van der Waals surface area contributed by atoms with E-state index in [1.54, 1.807) is 4.90 Å². The minimum Gasteiger partial charge on any atom is -0.479 e. The second-order valence-corrected chi connectivity index (χ2v) is 4.23. The predicted octanol–water partition coefficient (Wildman–Crippen LogP) is 1.42. The average molecular weight is 273 g/mol. The van der Waals surface area contributed by atoms with Crippen LogP contribution in [-0.2, 0) is 0 Å². The number of anilines is 1. The molecule has 0 bridgehead atoms. The van der Waals surface area contributed by atoms with E-state index < -0.39 is 11.9 Å². The van der Waals surface area contributed by atoms with E-state index in [9.17, 15) is 13.6 Å². The number of hydrogen-bond acceptors (Lipinski definition) is 5. The molecule has 2 rings (SSSR count). The fourth-order valence-corrected chi connectivity index (χ4v) is 1.87. The first-order chi connectivity index (χ1) is 8.93. The first kappa shape index (κ1) is 13.4. The van der Waals surface area contributed by atoms with Gasteiger partial charge in [-0.25, -0.2) is 18.6 Å². The van der Waals surface area contributed by atoms with Gasteiger partial charge >= 0.3 is 5.97 Å². The molecule has 1 N–H and O–H groups in total. The van der Waals surface area contributed by atoms with Crippen molar-refractivity contribution >= 4 is 11.8 Å². The molecule has 0 unspecified atom stereocenters. The Kier molecular flexibility index (Phi) is 3.50. The molecule has 1 aromatic rings. The van der Waals surface area contributed by atoms with E-state index in [-0.39, 0.29) is 37.5 Å². The van der Waals surface area contributed by atoms with E-state index in [0.717, 1.165) is 0 Å². The highest BCUT2D eigenvalue weighted by Crippen LogP contribution is 2.30. The summed E-state index contributed by atoms with van der Waals surface area (Å²) in [6.07, 6.45) is 0.755. The summed E-state index contributed by atoms with van der Waals surface area (Å²) in [6.45, 7) is 0.300. The molecule has 0 amide bonds. The molecule has 8 heteroatoms. The van der Waals surface area contributed by atoms with Crippen LogP contribution in [0.15, 0.2) is 6.20 Å². The second-order valence-electron chi connectivity index (χ2n) is 4.23. The lowest BCUT2D eigenvalue weighted by atomic mass is 10.1. The van der Waals surface area contributed by atoms with Crippen molar-refractivity contribution in [2.45, 2.75) is 18.8 Å². The number of carboxylic acid groups (broad SMARTS) is 1. The maximum atomic E-state index is 13.0. The van der Waals surface area contributed by atoms with Gasteiger partial charge in [-0.05, 0) is 0 Å². The third-order valence-corrected chi connectivity index (χ3v) is 2.94. The van der Waals surface area contributed by atoms with Crippen molar-refractivity contribution in [2.75, 3.05) is 25.1 Å². The number of rotatable bonds is 3. The van der Waals surface area contributed by atoms with Crippen LogP contribution in [-0.4, -0.2) is 47.2 Å². The van der Waals surface area contributed by atoms with Gasteiger partial charge in [-0.2, -0.15) is 4.98 Å². The lowest BCUT2D eigenvalue weighted by molar-refractivity contribution is -0.0221. The van der Waals surface area contributed by atoms with Gasteiger partial charge in [0.15, 0.2) is 5.82 Å². The normalized spacial score (nSPS) is 18.2. The Labute approximate surface area is 108 Å². The summed E-state index contributed by atoms with van der Waals surface area (Å²) in [5.74, 6) is -3.67. The summed E-state index contributed by atoms with van der Waals surface area (Å²) in [4.78, 5) is 20.2. The Hall–Kier alpha value is -1.99. The molecule has 104 valence electrons. The zero-order valence-corrected chi connectivity index (χ0v) is 10.3. The van der Waals surface area contributed by atoms with Crippen LogP contribution in [0.5, 0.6) is 5.88 Å². The van der Waals surface area contributed by atoms with Gasteiger partial charge < -0.3 is 14.7 Å². The van der Waals surface area contributed by atoms with Gasteiger partial charge in [0.05, 0.1) is 13.3 Å². The van der Waals surface area contributed by atoms with E-state index in [0.29, 0.717) is 5.82 Å². The molecule has 0 saturated carbocycles. The maximum Gasteiger partial charge on any atom is 0.360 e. The number of piperidine rings is 1. The molecule has 2 heterocycles. The number of aromatic carboxylic acids is 1. The molecule has 1 aromatic heterocycles. The Bertz CT molecular complexity index is 486. The van der Waals surface area contributed by atoms with Crippen molar-refractivity contribution in [1.82, 2.24) is 9.97 Å². The Morgan fingerprint density at radius 1 is 1.47 bits per heavy atom. The Balaban J connectivity index is 2.20. The second kappa shape index (κ2) is 4.94. The van der Waals surface area contributed by atoms with Gasteiger partial charge in [0.1, 0.15) is 0 Å². The minimum absolute atomic E-state index is 0.123. The number of nitrogens with zero attached hydrogens (tertiary/aromatic N) is 3. The van der Waals surface area contributed by atoms with Crippen molar-refractivity contribution < 1.29 is 23.4 Å². The number of carboxylic acids is 1. The lowest BCUT2D eigenvalue weighted by Crippen LogP contribution is -2.39. The molecule has 0 aromatic carbocycles. The van der Waals surface area contributed by atoms with E-state index in [2.05, 4.69) is 9.97 Å². The van der Waals surface area contributed by atoms with Gasteiger partial charge in [-0.3, -0.25) is 0 Å². The van der Waals surface area contributed by atoms with E-state index in [1.807, 2.05) is 0 Å². The quantitative estimate of drug-likeness (QED) is 0.897. The minimum atomic E-state index is -2.64. The SMILES string of the molecule is COc1nc(N2CCC(F)(F)CC2)cnc1C(=O)O. The molecular formula is C11H13F2N3O3. The number of ether oxygens (including phenoxy) is 1. The molecule has 1 aliphatic heterocycles. The summed E-state index contributed by atoms with van der Waals surface area (Å²) >= 11 is 0. The number of hydrogen-bond donors (Lipinski definition) is 1. The maximum absolute atomic E-state index is 13.0. The zero-order valence-electron chi connectivity index (χ0n) is 10.3. The molecule has 0 aliphatic carbocycles. The molecule has 0 atom stereocenters. The van der Waals surface area contributed by atoms with Crippen LogP contribution in [0.25, 0.3) is 0 Å². The highest BCUT2D eigenvalue weighted by molar-refractivity contribution is 5.88. The van der Waals surface area contributed by atoms with Crippen LogP contribution >= 0.6 is 0 Å². The van der Waals surface area contributed by atoms with E-state index >= 15 is 0 Å². The van der Waals surface area contributed by atoms with Crippen LogP contribution in [0.3, 0.4) is 0 Å². The predicted molar refractivity (Wildman–Crippen MR) is 61.9 cm³/mol. The highest BCUT2D eigenvalue weighted by Gasteiger charge is 2.34. The number of halogens is 2. The summed E-state index contributed by atoms with van der Waals surface area (Å²) < 4.78 is 30.9.